The molecule has 3 rings (SSSR count). The summed E-state index contributed by atoms with van der Waals surface area (Å²) < 4.78 is 0. The van der Waals surface area contributed by atoms with E-state index in [4.69, 9.17) is 11.6 Å². The van der Waals surface area contributed by atoms with E-state index in [9.17, 15) is 4.79 Å². The quantitative estimate of drug-likeness (QED) is 0.847. The molecule has 0 unspecified atom stereocenters. The third-order valence-electron chi connectivity index (χ3n) is 4.01. The summed E-state index contributed by atoms with van der Waals surface area (Å²) in [6, 6.07) is 17.9. The molecular weight excluding hydrogens is 282 g/mol. The third-order valence-corrected chi connectivity index (χ3v) is 4.46. The first-order valence-electron chi connectivity index (χ1n) is 7.33. The van der Waals surface area contributed by atoms with Gasteiger partial charge in [0.1, 0.15) is 5.38 Å². The topological polar surface area (TPSA) is 29.1 Å². The maximum Gasteiger partial charge on any atom is 0.243 e. The molecular formula is C18H18ClNO. The predicted octanol–water partition coefficient (Wildman–Crippen LogP) is 4.16. The Labute approximate surface area is 130 Å². The van der Waals surface area contributed by atoms with Crippen molar-refractivity contribution in [1.29, 1.82) is 0 Å². The zero-order chi connectivity index (χ0) is 14.7. The maximum absolute atomic E-state index is 12.4. The number of nitrogens with one attached hydrogen (secondary N) is 1. The van der Waals surface area contributed by atoms with Crippen LogP contribution in [-0.2, 0) is 11.2 Å². The number of carbonyl (C=O) groups excluding carboxylic acids is 1. The molecule has 0 radical (unpaired) electrons. The van der Waals surface area contributed by atoms with Gasteiger partial charge in [-0.1, -0.05) is 54.6 Å². The van der Waals surface area contributed by atoms with Crippen molar-refractivity contribution in [1.82, 2.24) is 5.32 Å². The Morgan fingerprint density at radius 1 is 1.10 bits per heavy atom. The highest BCUT2D eigenvalue weighted by Crippen LogP contribution is 2.30. The van der Waals surface area contributed by atoms with E-state index in [1.54, 1.807) is 0 Å². The van der Waals surface area contributed by atoms with Crippen LogP contribution < -0.4 is 5.32 Å². The molecule has 0 saturated heterocycles. The lowest BCUT2D eigenvalue weighted by Crippen LogP contribution is -2.33. The average molecular weight is 300 g/mol. The van der Waals surface area contributed by atoms with E-state index in [1.165, 1.54) is 11.1 Å². The summed E-state index contributed by atoms with van der Waals surface area (Å²) in [5.41, 5.74) is 3.40. The molecule has 2 aromatic rings. The Kier molecular flexibility index (Phi) is 4.26. The summed E-state index contributed by atoms with van der Waals surface area (Å²) in [7, 11) is 0. The summed E-state index contributed by atoms with van der Waals surface area (Å²) in [5, 5.41) is 2.46. The highest BCUT2D eigenvalue weighted by atomic mass is 35.5. The molecule has 1 amide bonds. The van der Waals surface area contributed by atoms with Crippen molar-refractivity contribution in [3.63, 3.8) is 0 Å². The predicted molar refractivity (Wildman–Crippen MR) is 85.3 cm³/mol. The number of benzene rings is 2. The van der Waals surface area contributed by atoms with E-state index in [0.717, 1.165) is 24.8 Å². The molecule has 2 aromatic carbocycles. The van der Waals surface area contributed by atoms with Crippen LogP contribution in [0.4, 0.5) is 0 Å². The molecule has 1 aliphatic carbocycles. The van der Waals surface area contributed by atoms with Crippen LogP contribution in [0.25, 0.3) is 0 Å². The smallest absolute Gasteiger partial charge is 0.243 e. The summed E-state index contributed by atoms with van der Waals surface area (Å²) in [5.74, 6) is -0.121. The number of alkyl halides is 1. The molecule has 0 bridgehead atoms. The van der Waals surface area contributed by atoms with Crippen LogP contribution in [0.3, 0.4) is 0 Å². The SMILES string of the molecule is O=C(N[C@@H]1CCCc2ccccc21)[C@@H](Cl)c1ccccc1. The molecule has 108 valence electrons. The highest BCUT2D eigenvalue weighted by Gasteiger charge is 2.25. The fourth-order valence-corrected chi connectivity index (χ4v) is 3.13. The van der Waals surface area contributed by atoms with Gasteiger partial charge >= 0.3 is 0 Å². The lowest BCUT2D eigenvalue weighted by Gasteiger charge is -2.27. The first-order valence-corrected chi connectivity index (χ1v) is 7.76. The highest BCUT2D eigenvalue weighted by molar-refractivity contribution is 6.30. The van der Waals surface area contributed by atoms with Crippen LogP contribution >= 0.6 is 11.6 Å². The van der Waals surface area contributed by atoms with Crippen LogP contribution in [0.5, 0.6) is 0 Å². The van der Waals surface area contributed by atoms with Gasteiger partial charge in [-0.05, 0) is 36.0 Å². The van der Waals surface area contributed by atoms with Crippen LogP contribution in [0.15, 0.2) is 54.6 Å². The lowest BCUT2D eigenvalue weighted by molar-refractivity contribution is -0.121. The van der Waals surface area contributed by atoms with E-state index < -0.39 is 5.38 Å². The fourth-order valence-electron chi connectivity index (χ4n) is 2.92. The Bertz CT molecular complexity index is 626. The van der Waals surface area contributed by atoms with E-state index in [-0.39, 0.29) is 11.9 Å². The number of rotatable bonds is 3. The zero-order valence-corrected chi connectivity index (χ0v) is 12.5. The molecule has 21 heavy (non-hydrogen) atoms. The Morgan fingerprint density at radius 2 is 1.81 bits per heavy atom. The van der Waals surface area contributed by atoms with Gasteiger partial charge in [0.15, 0.2) is 0 Å². The standard InChI is InChI=1S/C18H18ClNO/c19-17(14-8-2-1-3-9-14)18(21)20-16-12-6-10-13-7-4-5-11-15(13)16/h1-5,7-9,11,16-17H,6,10,12H2,(H,20,21)/t16-,17+/m1/s1. The first-order chi connectivity index (χ1) is 10.3. The van der Waals surface area contributed by atoms with Gasteiger partial charge < -0.3 is 5.32 Å². The third kappa shape index (κ3) is 3.11. The normalized spacial score (nSPS) is 18.6. The molecule has 2 nitrogen and oxygen atoms in total. The second kappa shape index (κ2) is 6.31. The van der Waals surface area contributed by atoms with Crippen LogP contribution in [-0.4, -0.2) is 5.91 Å². The Balaban J connectivity index is 1.74. The summed E-state index contributed by atoms with van der Waals surface area (Å²) in [6.07, 6.45) is 3.16. The van der Waals surface area contributed by atoms with Gasteiger partial charge in [0.05, 0.1) is 6.04 Å². The summed E-state index contributed by atoms with van der Waals surface area (Å²) in [4.78, 5) is 12.4. The van der Waals surface area contributed by atoms with Crippen LogP contribution in [0, 0.1) is 0 Å². The minimum atomic E-state index is -0.639. The van der Waals surface area contributed by atoms with E-state index in [2.05, 4.69) is 23.5 Å². The molecule has 0 fully saturated rings. The number of carbonyl (C=O) groups is 1. The van der Waals surface area contributed by atoms with Crippen molar-refractivity contribution in [3.05, 3.63) is 71.3 Å². The van der Waals surface area contributed by atoms with E-state index >= 15 is 0 Å². The summed E-state index contributed by atoms with van der Waals surface area (Å²) >= 11 is 6.29. The van der Waals surface area contributed by atoms with Gasteiger partial charge in [-0.3, -0.25) is 4.79 Å². The van der Waals surface area contributed by atoms with Crippen molar-refractivity contribution in [2.24, 2.45) is 0 Å². The maximum atomic E-state index is 12.4. The largest absolute Gasteiger partial charge is 0.348 e. The van der Waals surface area contributed by atoms with Gasteiger partial charge in [0, 0.05) is 0 Å². The minimum absolute atomic E-state index is 0.0763. The van der Waals surface area contributed by atoms with E-state index in [1.807, 2.05) is 36.4 Å². The molecule has 3 heteroatoms. The lowest BCUT2D eigenvalue weighted by atomic mass is 9.87. The molecule has 2 atom stereocenters. The summed E-state index contributed by atoms with van der Waals surface area (Å²) in [6.45, 7) is 0. The average Bonchev–Trinajstić information content (AvgIpc) is 2.55. The number of hydrogen-bond acceptors (Lipinski definition) is 1. The van der Waals surface area contributed by atoms with E-state index in [0.29, 0.717) is 0 Å². The van der Waals surface area contributed by atoms with Gasteiger partial charge in [-0.2, -0.15) is 0 Å². The molecule has 1 N–H and O–H groups in total. The van der Waals surface area contributed by atoms with Crippen molar-refractivity contribution in [2.45, 2.75) is 30.7 Å². The monoisotopic (exact) mass is 299 g/mol. The van der Waals surface area contributed by atoms with Gasteiger partial charge in [0.25, 0.3) is 0 Å². The van der Waals surface area contributed by atoms with Crippen LogP contribution in [0.2, 0.25) is 0 Å². The van der Waals surface area contributed by atoms with Gasteiger partial charge in [-0.15, -0.1) is 11.6 Å². The Hall–Kier alpha value is -1.80. The zero-order valence-electron chi connectivity index (χ0n) is 11.8. The van der Waals surface area contributed by atoms with Crippen molar-refractivity contribution in [2.75, 3.05) is 0 Å². The van der Waals surface area contributed by atoms with Crippen molar-refractivity contribution in [3.8, 4) is 0 Å². The molecule has 0 heterocycles. The van der Waals surface area contributed by atoms with Crippen molar-refractivity contribution < 1.29 is 4.79 Å². The second-order valence-corrected chi connectivity index (χ2v) is 5.86. The number of fused-ring (bicyclic) bond motifs is 1. The molecule has 0 spiro atoms. The van der Waals surface area contributed by atoms with Gasteiger partial charge in [-0.25, -0.2) is 0 Å². The number of aryl methyl sites for hydroxylation is 1. The molecule has 0 aromatic heterocycles. The number of halogens is 1. The number of hydrogen-bond donors (Lipinski definition) is 1. The molecule has 1 aliphatic rings. The van der Waals surface area contributed by atoms with Gasteiger partial charge in [0.2, 0.25) is 5.91 Å². The fraction of sp³-hybridized carbons (Fsp3) is 0.278. The minimum Gasteiger partial charge on any atom is -0.348 e. The van der Waals surface area contributed by atoms with Crippen LogP contribution in [0.1, 0.15) is 41.0 Å². The first kappa shape index (κ1) is 14.2. The molecule has 0 aliphatic heterocycles. The van der Waals surface area contributed by atoms with Crippen molar-refractivity contribution >= 4 is 17.5 Å². The number of amides is 1. The Morgan fingerprint density at radius 3 is 2.62 bits per heavy atom. The second-order valence-electron chi connectivity index (χ2n) is 5.43. The molecule has 0 saturated carbocycles.